The van der Waals surface area contributed by atoms with E-state index in [0.717, 1.165) is 18.4 Å². The van der Waals surface area contributed by atoms with Crippen LogP contribution in [0.5, 0.6) is 0 Å². The van der Waals surface area contributed by atoms with E-state index >= 15 is 0 Å². The summed E-state index contributed by atoms with van der Waals surface area (Å²) in [5, 5.41) is 0. The van der Waals surface area contributed by atoms with Gasteiger partial charge in [0.25, 0.3) is 0 Å². The lowest BCUT2D eigenvalue weighted by atomic mass is 9.92. The average molecular weight is 204 g/mol. The van der Waals surface area contributed by atoms with Crippen LogP contribution in [0, 0.1) is 11.8 Å². The molecule has 0 radical (unpaired) electrons. The second-order valence-corrected chi connectivity index (χ2v) is 4.96. The number of nitrogens with zero attached hydrogens (tertiary/aromatic N) is 2. The fraction of sp³-hybridized carbons (Fsp3) is 0.615. The summed E-state index contributed by atoms with van der Waals surface area (Å²) in [6, 6.07) is 6.16. The van der Waals surface area contributed by atoms with Crippen molar-refractivity contribution in [1.29, 1.82) is 0 Å². The van der Waals surface area contributed by atoms with Gasteiger partial charge in [0.15, 0.2) is 0 Å². The van der Waals surface area contributed by atoms with Crippen LogP contribution in [0.2, 0.25) is 0 Å². The molecule has 0 amide bonds. The predicted molar refractivity (Wildman–Crippen MR) is 62.5 cm³/mol. The Bertz CT molecular complexity index is 287. The summed E-state index contributed by atoms with van der Waals surface area (Å²) in [4.78, 5) is 6.91. The molecular formula is C13H20N2. The minimum absolute atomic E-state index is 0.831. The first-order chi connectivity index (χ1) is 7.24. The van der Waals surface area contributed by atoms with Crippen LogP contribution < -0.4 is 0 Å². The van der Waals surface area contributed by atoms with Crippen LogP contribution in [0.3, 0.4) is 0 Å². The Hall–Kier alpha value is -0.890. The van der Waals surface area contributed by atoms with E-state index in [9.17, 15) is 0 Å². The van der Waals surface area contributed by atoms with Crippen molar-refractivity contribution in [3.05, 3.63) is 30.1 Å². The molecule has 82 valence electrons. The first-order valence-corrected chi connectivity index (χ1v) is 5.86. The summed E-state index contributed by atoms with van der Waals surface area (Å²) in [5.41, 5.74) is 1.19. The fourth-order valence-corrected chi connectivity index (χ4v) is 2.64. The molecule has 0 saturated carbocycles. The molecule has 0 aliphatic carbocycles. The maximum Gasteiger partial charge on any atom is 0.0543 e. The summed E-state index contributed by atoms with van der Waals surface area (Å²) < 4.78 is 0. The van der Waals surface area contributed by atoms with Crippen LogP contribution in [0.1, 0.15) is 26.0 Å². The SMILES string of the molecule is CC1CC(C)CN(Cc2ccccn2)C1. The maximum absolute atomic E-state index is 4.38. The lowest BCUT2D eigenvalue weighted by molar-refractivity contribution is 0.133. The zero-order chi connectivity index (χ0) is 10.7. The van der Waals surface area contributed by atoms with Gasteiger partial charge < -0.3 is 0 Å². The Kier molecular flexibility index (Phi) is 3.37. The summed E-state index contributed by atoms with van der Waals surface area (Å²) in [6.45, 7) is 8.15. The molecule has 1 aliphatic heterocycles. The average Bonchev–Trinajstić information content (AvgIpc) is 2.17. The van der Waals surface area contributed by atoms with E-state index in [-0.39, 0.29) is 0 Å². The van der Waals surface area contributed by atoms with E-state index < -0.39 is 0 Å². The molecule has 1 saturated heterocycles. The number of likely N-dealkylation sites (tertiary alicyclic amines) is 1. The Labute approximate surface area is 92.3 Å². The molecular weight excluding hydrogens is 184 g/mol. The molecule has 0 bridgehead atoms. The van der Waals surface area contributed by atoms with Gasteiger partial charge in [0.1, 0.15) is 0 Å². The van der Waals surface area contributed by atoms with Gasteiger partial charge in [-0.05, 0) is 30.4 Å². The number of hydrogen-bond donors (Lipinski definition) is 0. The van der Waals surface area contributed by atoms with Crippen molar-refractivity contribution in [2.45, 2.75) is 26.8 Å². The first kappa shape index (κ1) is 10.6. The Morgan fingerprint density at radius 2 is 2.00 bits per heavy atom. The van der Waals surface area contributed by atoms with E-state index in [4.69, 9.17) is 0 Å². The maximum atomic E-state index is 4.38. The monoisotopic (exact) mass is 204 g/mol. The first-order valence-electron chi connectivity index (χ1n) is 5.86. The van der Waals surface area contributed by atoms with Gasteiger partial charge in [-0.25, -0.2) is 0 Å². The van der Waals surface area contributed by atoms with E-state index in [0.29, 0.717) is 0 Å². The lowest BCUT2D eigenvalue weighted by Crippen LogP contribution is -2.38. The van der Waals surface area contributed by atoms with Crippen molar-refractivity contribution in [3.63, 3.8) is 0 Å². The Balaban J connectivity index is 1.94. The van der Waals surface area contributed by atoms with Crippen molar-refractivity contribution >= 4 is 0 Å². The fourth-order valence-electron chi connectivity index (χ4n) is 2.64. The summed E-state index contributed by atoms with van der Waals surface area (Å²) in [6.07, 6.45) is 3.25. The zero-order valence-corrected chi connectivity index (χ0v) is 9.69. The number of rotatable bonds is 2. The van der Waals surface area contributed by atoms with Crippen molar-refractivity contribution < 1.29 is 0 Å². The number of pyridine rings is 1. The smallest absolute Gasteiger partial charge is 0.0543 e. The van der Waals surface area contributed by atoms with Crippen LogP contribution in [-0.2, 0) is 6.54 Å². The molecule has 2 atom stereocenters. The lowest BCUT2D eigenvalue weighted by Gasteiger charge is -2.34. The standard InChI is InChI=1S/C13H20N2/c1-11-7-12(2)9-15(8-11)10-13-5-3-4-6-14-13/h3-6,11-12H,7-10H2,1-2H3. The topological polar surface area (TPSA) is 16.1 Å². The van der Waals surface area contributed by atoms with Crippen molar-refractivity contribution in [2.24, 2.45) is 11.8 Å². The Morgan fingerprint density at radius 3 is 2.60 bits per heavy atom. The zero-order valence-electron chi connectivity index (χ0n) is 9.69. The minimum atomic E-state index is 0.831. The summed E-state index contributed by atoms with van der Waals surface area (Å²) in [5.74, 6) is 1.66. The van der Waals surface area contributed by atoms with Crippen molar-refractivity contribution in [1.82, 2.24) is 9.88 Å². The van der Waals surface area contributed by atoms with Gasteiger partial charge in [0, 0.05) is 25.8 Å². The van der Waals surface area contributed by atoms with Gasteiger partial charge in [-0.2, -0.15) is 0 Å². The molecule has 2 heteroatoms. The van der Waals surface area contributed by atoms with E-state index in [1.807, 2.05) is 12.3 Å². The van der Waals surface area contributed by atoms with E-state index in [1.54, 1.807) is 0 Å². The number of aromatic nitrogens is 1. The van der Waals surface area contributed by atoms with Crippen LogP contribution in [0.15, 0.2) is 24.4 Å². The summed E-state index contributed by atoms with van der Waals surface area (Å²) >= 11 is 0. The molecule has 1 aromatic heterocycles. The van der Waals surface area contributed by atoms with Gasteiger partial charge in [-0.1, -0.05) is 19.9 Å². The van der Waals surface area contributed by atoms with Crippen LogP contribution >= 0.6 is 0 Å². The van der Waals surface area contributed by atoms with E-state index in [2.05, 4.69) is 35.9 Å². The van der Waals surface area contributed by atoms with Crippen molar-refractivity contribution in [3.8, 4) is 0 Å². The molecule has 1 aromatic rings. The Morgan fingerprint density at radius 1 is 1.27 bits per heavy atom. The number of piperidine rings is 1. The van der Waals surface area contributed by atoms with Crippen molar-refractivity contribution in [2.75, 3.05) is 13.1 Å². The third-order valence-electron chi connectivity index (χ3n) is 3.06. The minimum Gasteiger partial charge on any atom is -0.297 e. The largest absolute Gasteiger partial charge is 0.297 e. The molecule has 1 aliphatic rings. The van der Waals surface area contributed by atoms with Gasteiger partial charge in [-0.3, -0.25) is 9.88 Å². The normalized spacial score (nSPS) is 27.9. The summed E-state index contributed by atoms with van der Waals surface area (Å²) in [7, 11) is 0. The van der Waals surface area contributed by atoms with Crippen LogP contribution in [0.4, 0.5) is 0 Å². The van der Waals surface area contributed by atoms with Crippen LogP contribution in [-0.4, -0.2) is 23.0 Å². The second kappa shape index (κ2) is 4.75. The molecule has 2 heterocycles. The van der Waals surface area contributed by atoms with Gasteiger partial charge in [0.05, 0.1) is 5.69 Å². The highest BCUT2D eigenvalue weighted by atomic mass is 15.1. The molecule has 2 unspecified atom stereocenters. The third kappa shape index (κ3) is 3.03. The molecule has 0 spiro atoms. The molecule has 0 aromatic carbocycles. The van der Waals surface area contributed by atoms with E-state index in [1.165, 1.54) is 25.2 Å². The van der Waals surface area contributed by atoms with Gasteiger partial charge in [-0.15, -0.1) is 0 Å². The highest BCUT2D eigenvalue weighted by molar-refractivity contribution is 5.03. The molecule has 15 heavy (non-hydrogen) atoms. The number of hydrogen-bond acceptors (Lipinski definition) is 2. The predicted octanol–water partition coefficient (Wildman–Crippen LogP) is 2.56. The van der Waals surface area contributed by atoms with Gasteiger partial charge in [0.2, 0.25) is 0 Å². The molecule has 2 rings (SSSR count). The second-order valence-electron chi connectivity index (χ2n) is 4.96. The third-order valence-corrected chi connectivity index (χ3v) is 3.06. The van der Waals surface area contributed by atoms with Crippen LogP contribution in [0.25, 0.3) is 0 Å². The van der Waals surface area contributed by atoms with Gasteiger partial charge >= 0.3 is 0 Å². The molecule has 1 fully saturated rings. The quantitative estimate of drug-likeness (QED) is 0.736. The molecule has 0 N–H and O–H groups in total. The highest BCUT2D eigenvalue weighted by Crippen LogP contribution is 2.21. The molecule has 2 nitrogen and oxygen atoms in total. The highest BCUT2D eigenvalue weighted by Gasteiger charge is 2.21.